The molecule has 23 heavy (non-hydrogen) atoms. The number of nitrogens with zero attached hydrogens (tertiary/aromatic N) is 3. The monoisotopic (exact) mass is 315 g/mol. The lowest BCUT2D eigenvalue weighted by Crippen LogP contribution is -2.27. The van der Waals surface area contributed by atoms with Gasteiger partial charge in [0.15, 0.2) is 11.2 Å². The summed E-state index contributed by atoms with van der Waals surface area (Å²) in [4.78, 5) is 27.3. The maximum absolute atomic E-state index is 12.3. The van der Waals surface area contributed by atoms with E-state index < -0.39 is 11.5 Å². The van der Waals surface area contributed by atoms with Crippen molar-refractivity contribution in [3.05, 3.63) is 39.8 Å². The van der Waals surface area contributed by atoms with Crippen LogP contribution in [0.3, 0.4) is 0 Å². The lowest BCUT2D eigenvalue weighted by Gasteiger charge is -2.04. The molecule has 0 atom stereocenters. The third-order valence-electron chi connectivity index (χ3n) is 3.54. The molecule has 0 spiro atoms. The highest BCUT2D eigenvalue weighted by molar-refractivity contribution is 5.99. The minimum atomic E-state index is -0.423. The second-order valence-corrected chi connectivity index (χ2v) is 5.28. The van der Waals surface area contributed by atoms with E-state index in [9.17, 15) is 9.59 Å². The van der Waals surface area contributed by atoms with Crippen molar-refractivity contribution in [1.29, 1.82) is 0 Å². The Labute approximate surface area is 131 Å². The molecule has 0 radical (unpaired) electrons. The molecule has 1 aromatic carbocycles. The number of aryl methyl sites for hydroxylation is 1. The number of amides is 1. The Balaban J connectivity index is 2.02. The molecule has 0 unspecified atom stereocenters. The van der Waals surface area contributed by atoms with Crippen LogP contribution in [-0.4, -0.2) is 46.0 Å². The molecule has 0 saturated carbocycles. The van der Waals surface area contributed by atoms with Crippen LogP contribution in [0.2, 0.25) is 0 Å². The average molecular weight is 315 g/mol. The van der Waals surface area contributed by atoms with E-state index in [1.165, 1.54) is 4.52 Å². The number of aromatic amines is 1. The second kappa shape index (κ2) is 6.17. The van der Waals surface area contributed by atoms with Gasteiger partial charge in [0.1, 0.15) is 0 Å². The van der Waals surface area contributed by atoms with Gasteiger partial charge in [-0.25, -0.2) is 4.52 Å². The Morgan fingerprint density at radius 3 is 3.04 bits per heavy atom. The maximum atomic E-state index is 12.3. The summed E-state index contributed by atoms with van der Waals surface area (Å²) in [6, 6.07) is 5.59. The standard InChI is InChI=1S/C15H17N5O3/c1-9-4-5-11-10(8-9)17-15(22)13-12(18-19-20(11)13)14(21)16-6-3-7-23-2/h4-5,8H,3,6-7H2,1-2H3,(H,16,21)(H,17,22). The summed E-state index contributed by atoms with van der Waals surface area (Å²) in [7, 11) is 1.60. The third kappa shape index (κ3) is 2.80. The van der Waals surface area contributed by atoms with Gasteiger partial charge < -0.3 is 15.0 Å². The fraction of sp³-hybridized carbons (Fsp3) is 0.333. The molecular weight excluding hydrogens is 298 g/mol. The van der Waals surface area contributed by atoms with Gasteiger partial charge in [0.2, 0.25) is 0 Å². The minimum Gasteiger partial charge on any atom is -0.385 e. The predicted octanol–water partition coefficient (Wildman–Crippen LogP) is 0.646. The summed E-state index contributed by atoms with van der Waals surface area (Å²) in [5.41, 5.74) is 2.13. The van der Waals surface area contributed by atoms with Crippen LogP contribution in [-0.2, 0) is 4.74 Å². The first kappa shape index (κ1) is 15.2. The zero-order chi connectivity index (χ0) is 16.4. The van der Waals surface area contributed by atoms with Crippen LogP contribution >= 0.6 is 0 Å². The number of methoxy groups -OCH3 is 1. The average Bonchev–Trinajstić information content (AvgIpc) is 2.97. The minimum absolute atomic E-state index is 0.0196. The van der Waals surface area contributed by atoms with Crippen LogP contribution in [0.25, 0.3) is 16.6 Å². The van der Waals surface area contributed by atoms with Gasteiger partial charge in [0, 0.05) is 20.3 Å². The van der Waals surface area contributed by atoms with E-state index in [1.54, 1.807) is 7.11 Å². The van der Waals surface area contributed by atoms with Gasteiger partial charge in [0.25, 0.3) is 11.5 Å². The van der Waals surface area contributed by atoms with Crippen LogP contribution < -0.4 is 10.9 Å². The lowest BCUT2D eigenvalue weighted by atomic mass is 10.2. The van der Waals surface area contributed by atoms with E-state index in [0.29, 0.717) is 30.6 Å². The van der Waals surface area contributed by atoms with E-state index in [2.05, 4.69) is 20.6 Å². The molecule has 2 heterocycles. The number of hydrogen-bond donors (Lipinski definition) is 2. The third-order valence-corrected chi connectivity index (χ3v) is 3.54. The van der Waals surface area contributed by atoms with Crippen molar-refractivity contribution in [1.82, 2.24) is 25.1 Å². The summed E-state index contributed by atoms with van der Waals surface area (Å²) in [6.07, 6.45) is 0.681. The Kier molecular flexibility index (Phi) is 4.07. The topological polar surface area (TPSA) is 101 Å². The first-order valence-corrected chi connectivity index (χ1v) is 7.27. The van der Waals surface area contributed by atoms with E-state index >= 15 is 0 Å². The van der Waals surface area contributed by atoms with Crippen LogP contribution in [0, 0.1) is 6.92 Å². The lowest BCUT2D eigenvalue weighted by molar-refractivity contribution is 0.0945. The highest BCUT2D eigenvalue weighted by Gasteiger charge is 2.19. The van der Waals surface area contributed by atoms with E-state index in [4.69, 9.17) is 4.74 Å². The van der Waals surface area contributed by atoms with Crippen molar-refractivity contribution < 1.29 is 9.53 Å². The number of aromatic nitrogens is 4. The van der Waals surface area contributed by atoms with Crippen molar-refractivity contribution in [3.8, 4) is 0 Å². The molecule has 0 bridgehead atoms. The number of ether oxygens (including phenoxy) is 1. The smallest absolute Gasteiger partial charge is 0.277 e. The molecule has 3 rings (SSSR count). The summed E-state index contributed by atoms with van der Waals surface area (Å²) in [6.45, 7) is 2.92. The molecule has 8 nitrogen and oxygen atoms in total. The van der Waals surface area contributed by atoms with Gasteiger partial charge in [-0.3, -0.25) is 9.59 Å². The Hall–Kier alpha value is -2.74. The van der Waals surface area contributed by atoms with Crippen LogP contribution in [0.5, 0.6) is 0 Å². The molecule has 1 amide bonds. The SMILES string of the molecule is COCCCNC(=O)c1nnn2c1c(=O)[nH]c1cc(C)ccc12. The molecule has 2 aromatic heterocycles. The molecule has 0 aliphatic carbocycles. The number of carbonyl (C=O) groups excluding carboxylic acids is 1. The van der Waals surface area contributed by atoms with Crippen LogP contribution in [0.15, 0.2) is 23.0 Å². The van der Waals surface area contributed by atoms with Crippen LogP contribution in [0.1, 0.15) is 22.5 Å². The Bertz CT molecular complexity index is 928. The van der Waals surface area contributed by atoms with Crippen LogP contribution in [0.4, 0.5) is 0 Å². The van der Waals surface area contributed by atoms with Crippen molar-refractivity contribution in [3.63, 3.8) is 0 Å². The van der Waals surface area contributed by atoms with Crippen molar-refractivity contribution in [2.24, 2.45) is 0 Å². The van der Waals surface area contributed by atoms with Crippen molar-refractivity contribution in [2.45, 2.75) is 13.3 Å². The summed E-state index contributed by atoms with van der Waals surface area (Å²) in [5, 5.41) is 10.5. The fourth-order valence-corrected chi connectivity index (χ4v) is 2.43. The predicted molar refractivity (Wildman–Crippen MR) is 84.7 cm³/mol. The summed E-state index contributed by atoms with van der Waals surface area (Å²) in [5.74, 6) is -0.423. The van der Waals surface area contributed by atoms with Crippen molar-refractivity contribution >= 4 is 22.5 Å². The molecule has 0 saturated heterocycles. The fourth-order valence-electron chi connectivity index (χ4n) is 2.43. The largest absolute Gasteiger partial charge is 0.385 e. The summed E-state index contributed by atoms with van der Waals surface area (Å²) < 4.78 is 6.32. The molecule has 0 aliphatic rings. The number of hydrogen-bond acceptors (Lipinski definition) is 5. The molecule has 0 fully saturated rings. The molecule has 120 valence electrons. The van der Waals surface area contributed by atoms with E-state index in [-0.39, 0.29) is 11.2 Å². The molecule has 3 aromatic rings. The normalized spacial score (nSPS) is 11.2. The number of fused-ring (bicyclic) bond motifs is 3. The number of benzene rings is 1. The number of carbonyl (C=O) groups is 1. The zero-order valence-electron chi connectivity index (χ0n) is 12.9. The molecule has 0 aliphatic heterocycles. The van der Waals surface area contributed by atoms with Gasteiger partial charge in [-0.2, -0.15) is 0 Å². The first-order valence-electron chi connectivity index (χ1n) is 7.27. The van der Waals surface area contributed by atoms with Gasteiger partial charge >= 0.3 is 0 Å². The Morgan fingerprint density at radius 2 is 2.26 bits per heavy atom. The molecular formula is C15H17N5O3. The van der Waals surface area contributed by atoms with E-state index in [0.717, 1.165) is 5.56 Å². The Morgan fingerprint density at radius 1 is 1.43 bits per heavy atom. The van der Waals surface area contributed by atoms with Crippen molar-refractivity contribution in [2.75, 3.05) is 20.3 Å². The number of H-pyrrole nitrogens is 1. The molecule has 2 N–H and O–H groups in total. The van der Waals surface area contributed by atoms with Gasteiger partial charge in [-0.1, -0.05) is 11.3 Å². The van der Waals surface area contributed by atoms with Gasteiger partial charge in [0.05, 0.1) is 11.0 Å². The molecule has 8 heteroatoms. The van der Waals surface area contributed by atoms with Gasteiger partial charge in [-0.15, -0.1) is 5.10 Å². The summed E-state index contributed by atoms with van der Waals surface area (Å²) >= 11 is 0. The van der Waals surface area contributed by atoms with E-state index in [1.807, 2.05) is 25.1 Å². The zero-order valence-corrected chi connectivity index (χ0v) is 12.9. The first-order chi connectivity index (χ1) is 11.1. The van der Waals surface area contributed by atoms with Gasteiger partial charge in [-0.05, 0) is 31.0 Å². The quantitative estimate of drug-likeness (QED) is 0.673. The maximum Gasteiger partial charge on any atom is 0.277 e. The highest BCUT2D eigenvalue weighted by atomic mass is 16.5. The number of rotatable bonds is 5. The second-order valence-electron chi connectivity index (χ2n) is 5.28. The highest BCUT2D eigenvalue weighted by Crippen LogP contribution is 2.14. The number of nitrogens with one attached hydrogen (secondary N) is 2.